The molecule has 1 atom stereocenters. The number of hydrogen-bond donors (Lipinski definition) is 0. The van der Waals surface area contributed by atoms with Gasteiger partial charge in [0.2, 0.25) is 0 Å². The molecule has 3 fully saturated rings. The number of anilines is 1. The topological polar surface area (TPSA) is 24.3 Å². The Bertz CT molecular complexity index is 1230. The summed E-state index contributed by atoms with van der Waals surface area (Å²) >= 11 is 0. The lowest BCUT2D eigenvalue weighted by Gasteiger charge is -2.50. The van der Waals surface area contributed by atoms with Gasteiger partial charge in [0.05, 0.1) is 5.56 Å². The minimum Gasteiger partial charge on any atom is -0.371 e. The lowest BCUT2D eigenvalue weighted by Crippen LogP contribution is -2.54. The van der Waals surface area contributed by atoms with Gasteiger partial charge in [-0.15, -0.1) is 0 Å². The van der Waals surface area contributed by atoms with Crippen LogP contribution in [0.3, 0.4) is 0 Å². The fourth-order valence-corrected chi connectivity index (χ4v) is 7.95. The largest absolute Gasteiger partial charge is 0.416 e. The molecule has 3 aromatic rings. The zero-order chi connectivity index (χ0) is 27.7. The molecule has 2 aliphatic heterocycles. The number of imidazole rings is 1. The molecule has 4 nitrogen and oxygen atoms in total. The average Bonchev–Trinajstić information content (AvgIpc) is 3.62. The standard InChI is InChI=1S/C33H41F3N4/c1-25-37-17-20-39(25)24-32(28-9-5-6-10-28,27-7-3-2-4-8-27)29-15-18-38(19-16-29)21-26-22-40(23-26)31-13-11-30(12-14-31)33(34,35)36/h2-4,7-8,11-14,17,20,26,28-29H,5-6,9-10,15-16,18-19,21-24H2,1H3/t32-/m0/s1. The third-order valence-electron chi connectivity index (χ3n) is 10.1. The number of piperidine rings is 1. The molecule has 2 aromatic carbocycles. The number of likely N-dealkylation sites (tertiary alicyclic amines) is 1. The van der Waals surface area contributed by atoms with Gasteiger partial charge in [0.1, 0.15) is 5.82 Å². The van der Waals surface area contributed by atoms with Crippen LogP contribution in [0.4, 0.5) is 18.9 Å². The number of aryl methyl sites for hydroxylation is 1. The van der Waals surface area contributed by atoms with E-state index in [0.29, 0.717) is 17.8 Å². The van der Waals surface area contributed by atoms with E-state index in [1.54, 1.807) is 12.1 Å². The number of hydrogen-bond acceptors (Lipinski definition) is 3. The summed E-state index contributed by atoms with van der Waals surface area (Å²) in [6.45, 7) is 8.27. The fraction of sp³-hybridized carbons (Fsp3) is 0.545. The van der Waals surface area contributed by atoms with Crippen molar-refractivity contribution < 1.29 is 13.2 Å². The van der Waals surface area contributed by atoms with Crippen LogP contribution >= 0.6 is 0 Å². The zero-order valence-corrected chi connectivity index (χ0v) is 23.5. The first kappa shape index (κ1) is 27.4. The van der Waals surface area contributed by atoms with E-state index in [0.717, 1.165) is 50.8 Å². The molecule has 7 heteroatoms. The maximum atomic E-state index is 12.9. The number of benzene rings is 2. The van der Waals surface area contributed by atoms with E-state index in [4.69, 9.17) is 0 Å². The molecule has 214 valence electrons. The van der Waals surface area contributed by atoms with Gasteiger partial charge in [0.25, 0.3) is 0 Å². The number of rotatable bonds is 8. The summed E-state index contributed by atoms with van der Waals surface area (Å²) in [7, 11) is 0. The van der Waals surface area contributed by atoms with Gasteiger partial charge in [-0.25, -0.2) is 4.98 Å². The average molecular weight is 551 g/mol. The summed E-state index contributed by atoms with van der Waals surface area (Å²) in [6.07, 6.45) is 7.51. The van der Waals surface area contributed by atoms with Crippen LogP contribution in [0.25, 0.3) is 0 Å². The molecule has 2 saturated heterocycles. The van der Waals surface area contributed by atoms with E-state index in [1.165, 1.54) is 56.2 Å². The first-order chi connectivity index (χ1) is 19.3. The van der Waals surface area contributed by atoms with Crippen LogP contribution in [0.1, 0.15) is 55.5 Å². The van der Waals surface area contributed by atoms with E-state index in [-0.39, 0.29) is 5.41 Å². The molecular formula is C33H41F3N4. The van der Waals surface area contributed by atoms with Crippen LogP contribution in [0.15, 0.2) is 67.0 Å². The monoisotopic (exact) mass is 550 g/mol. The van der Waals surface area contributed by atoms with Crippen molar-refractivity contribution in [2.24, 2.45) is 17.8 Å². The molecule has 0 radical (unpaired) electrons. The van der Waals surface area contributed by atoms with Crippen molar-refractivity contribution in [1.29, 1.82) is 0 Å². The van der Waals surface area contributed by atoms with Crippen molar-refractivity contribution >= 4 is 5.69 Å². The van der Waals surface area contributed by atoms with E-state index in [1.807, 2.05) is 6.20 Å². The molecule has 6 rings (SSSR count). The van der Waals surface area contributed by atoms with Gasteiger partial charge in [0.15, 0.2) is 0 Å². The number of nitrogens with zero attached hydrogens (tertiary/aromatic N) is 4. The minimum absolute atomic E-state index is 0.116. The Morgan fingerprint density at radius 2 is 1.48 bits per heavy atom. The quantitative estimate of drug-likeness (QED) is 0.297. The van der Waals surface area contributed by atoms with Crippen LogP contribution in [0.2, 0.25) is 0 Å². The summed E-state index contributed by atoms with van der Waals surface area (Å²) in [5.41, 5.74) is 1.93. The van der Waals surface area contributed by atoms with Gasteiger partial charge in [-0.2, -0.15) is 13.2 Å². The Morgan fingerprint density at radius 1 is 0.825 bits per heavy atom. The fourth-order valence-electron chi connectivity index (χ4n) is 7.95. The lowest BCUT2D eigenvalue weighted by atomic mass is 9.59. The predicted molar refractivity (Wildman–Crippen MR) is 153 cm³/mol. The second-order valence-electron chi connectivity index (χ2n) is 12.4. The number of alkyl halides is 3. The molecule has 3 heterocycles. The summed E-state index contributed by atoms with van der Waals surface area (Å²) in [5, 5.41) is 0. The first-order valence-electron chi connectivity index (χ1n) is 15.0. The Labute approximate surface area is 236 Å². The molecule has 0 N–H and O–H groups in total. The molecule has 1 aromatic heterocycles. The van der Waals surface area contributed by atoms with Crippen molar-refractivity contribution in [2.75, 3.05) is 37.6 Å². The van der Waals surface area contributed by atoms with Gasteiger partial charge < -0.3 is 14.4 Å². The number of aromatic nitrogens is 2. The predicted octanol–water partition coefficient (Wildman–Crippen LogP) is 7.19. The van der Waals surface area contributed by atoms with Crippen molar-refractivity contribution in [3.8, 4) is 0 Å². The van der Waals surface area contributed by atoms with Gasteiger partial charge >= 0.3 is 6.18 Å². The highest BCUT2D eigenvalue weighted by Gasteiger charge is 2.48. The summed E-state index contributed by atoms with van der Waals surface area (Å²) in [4.78, 5) is 9.41. The third kappa shape index (κ3) is 5.41. The third-order valence-corrected chi connectivity index (χ3v) is 10.1. The number of halogens is 3. The Balaban J connectivity index is 1.12. The van der Waals surface area contributed by atoms with E-state index in [2.05, 4.69) is 62.8 Å². The van der Waals surface area contributed by atoms with Crippen molar-refractivity contribution in [1.82, 2.24) is 14.5 Å². The summed E-state index contributed by atoms with van der Waals surface area (Å²) in [6, 6.07) is 16.9. The highest BCUT2D eigenvalue weighted by molar-refractivity contribution is 5.50. The van der Waals surface area contributed by atoms with Crippen molar-refractivity contribution in [3.05, 3.63) is 83.9 Å². The van der Waals surface area contributed by atoms with E-state index >= 15 is 0 Å². The highest BCUT2D eigenvalue weighted by Crippen LogP contribution is 2.51. The Morgan fingerprint density at radius 3 is 2.08 bits per heavy atom. The molecule has 0 spiro atoms. The van der Waals surface area contributed by atoms with E-state index in [9.17, 15) is 13.2 Å². The molecular weight excluding hydrogens is 509 g/mol. The Hall–Kier alpha value is -2.80. The van der Waals surface area contributed by atoms with Gasteiger partial charge in [-0.3, -0.25) is 0 Å². The summed E-state index contributed by atoms with van der Waals surface area (Å²) < 4.78 is 41.1. The van der Waals surface area contributed by atoms with Crippen molar-refractivity contribution in [3.63, 3.8) is 0 Å². The second kappa shape index (κ2) is 11.2. The maximum Gasteiger partial charge on any atom is 0.416 e. The van der Waals surface area contributed by atoms with Crippen LogP contribution < -0.4 is 4.90 Å². The molecule has 40 heavy (non-hydrogen) atoms. The van der Waals surface area contributed by atoms with Gasteiger partial charge in [-0.05, 0) is 87.4 Å². The molecule has 0 unspecified atom stereocenters. The SMILES string of the molecule is Cc1nccn1C[C@](c1ccccc1)(C1CCCC1)C1CCN(CC2CN(c3ccc(C(F)(F)F)cc3)C2)CC1. The smallest absolute Gasteiger partial charge is 0.371 e. The van der Waals surface area contributed by atoms with Crippen LogP contribution in [0, 0.1) is 24.7 Å². The molecule has 3 aliphatic rings. The lowest BCUT2D eigenvalue weighted by molar-refractivity contribution is -0.137. The first-order valence-corrected chi connectivity index (χ1v) is 15.0. The van der Waals surface area contributed by atoms with Crippen LogP contribution in [0.5, 0.6) is 0 Å². The molecule has 1 saturated carbocycles. The van der Waals surface area contributed by atoms with Gasteiger partial charge in [-0.1, -0.05) is 43.2 Å². The second-order valence-corrected chi connectivity index (χ2v) is 12.4. The normalized spacial score (nSPS) is 21.4. The van der Waals surface area contributed by atoms with Crippen LogP contribution in [-0.4, -0.2) is 47.2 Å². The Kier molecular flexibility index (Phi) is 7.68. The van der Waals surface area contributed by atoms with Crippen LogP contribution in [-0.2, 0) is 18.1 Å². The van der Waals surface area contributed by atoms with Crippen molar-refractivity contribution in [2.45, 2.75) is 63.6 Å². The maximum absolute atomic E-state index is 12.9. The highest BCUT2D eigenvalue weighted by atomic mass is 19.4. The van der Waals surface area contributed by atoms with Gasteiger partial charge in [0, 0.05) is 55.6 Å². The molecule has 1 aliphatic carbocycles. The summed E-state index contributed by atoms with van der Waals surface area (Å²) in [5.74, 6) is 2.98. The molecule has 0 amide bonds. The molecule has 0 bridgehead atoms. The minimum atomic E-state index is -4.28. The zero-order valence-electron chi connectivity index (χ0n) is 23.5. The van der Waals surface area contributed by atoms with E-state index < -0.39 is 11.7 Å².